The van der Waals surface area contributed by atoms with Gasteiger partial charge in [0.2, 0.25) is 0 Å². The first-order chi connectivity index (χ1) is 9.06. The van der Waals surface area contributed by atoms with Gasteiger partial charge in [-0.1, -0.05) is 19.1 Å². The van der Waals surface area contributed by atoms with Gasteiger partial charge in [-0.15, -0.1) is 0 Å². The number of aromatic carboxylic acids is 1. The van der Waals surface area contributed by atoms with Crippen molar-refractivity contribution in [3.05, 3.63) is 29.8 Å². The van der Waals surface area contributed by atoms with Gasteiger partial charge in [-0.05, 0) is 12.1 Å². The minimum atomic E-state index is -1.06. The molecule has 1 N–H and O–H groups in total. The van der Waals surface area contributed by atoms with E-state index in [1.54, 1.807) is 25.1 Å². The summed E-state index contributed by atoms with van der Waals surface area (Å²) in [7, 11) is 0. The molecule has 0 saturated heterocycles. The highest BCUT2D eigenvalue weighted by Gasteiger charge is 2.13. The zero-order valence-electron chi connectivity index (χ0n) is 10.5. The molecule has 19 heavy (non-hydrogen) atoms. The van der Waals surface area contributed by atoms with Crippen molar-refractivity contribution in [3.63, 3.8) is 0 Å². The topological polar surface area (TPSA) is 72.8 Å². The zero-order valence-corrected chi connectivity index (χ0v) is 11.4. The molecule has 1 rings (SSSR count). The third-order valence-electron chi connectivity index (χ3n) is 2.38. The first-order valence-corrected chi connectivity index (χ1v) is 6.42. The number of carboxylic acid groups (broad SMARTS) is 1. The summed E-state index contributed by atoms with van der Waals surface area (Å²) >= 11 is 4.00. The lowest BCUT2D eigenvalue weighted by Gasteiger charge is -2.11. The first kappa shape index (κ1) is 15.4. The van der Waals surface area contributed by atoms with Crippen LogP contribution in [0.2, 0.25) is 0 Å². The number of carbonyl (C=O) groups is 2. The second-order valence-electron chi connectivity index (χ2n) is 3.90. The fourth-order valence-corrected chi connectivity index (χ4v) is 1.43. The molecule has 1 aromatic rings. The smallest absolute Gasteiger partial charge is 0.339 e. The Morgan fingerprint density at radius 2 is 2.00 bits per heavy atom. The maximum Gasteiger partial charge on any atom is 0.339 e. The zero-order chi connectivity index (χ0) is 14.3. The highest BCUT2D eigenvalue weighted by molar-refractivity contribution is 7.80. The second-order valence-corrected chi connectivity index (χ2v) is 4.27. The molecule has 0 heterocycles. The fraction of sp³-hybridized carbons (Fsp3) is 0.385. The standard InChI is InChI=1S/C13H16O5S/c1-9(8-19)13(16)18-7-6-17-11-5-3-2-4-10(11)12(14)15/h2-5,9,19H,6-8H2,1H3,(H,14,15). The quantitative estimate of drug-likeness (QED) is 0.454. The van der Waals surface area contributed by atoms with Crippen LogP contribution in [0.15, 0.2) is 24.3 Å². The lowest BCUT2D eigenvalue weighted by Crippen LogP contribution is -2.19. The average molecular weight is 284 g/mol. The van der Waals surface area contributed by atoms with E-state index >= 15 is 0 Å². The van der Waals surface area contributed by atoms with Crippen molar-refractivity contribution in [2.45, 2.75) is 6.92 Å². The molecule has 0 spiro atoms. The molecule has 0 aliphatic heterocycles. The number of thiol groups is 1. The van der Waals surface area contributed by atoms with Crippen molar-refractivity contribution < 1.29 is 24.2 Å². The van der Waals surface area contributed by atoms with Crippen molar-refractivity contribution in [3.8, 4) is 5.75 Å². The third-order valence-corrected chi connectivity index (χ3v) is 2.93. The molecule has 0 fully saturated rings. The summed E-state index contributed by atoms with van der Waals surface area (Å²) in [5.41, 5.74) is 0.0811. The van der Waals surface area contributed by atoms with E-state index in [2.05, 4.69) is 12.6 Å². The highest BCUT2D eigenvalue weighted by Crippen LogP contribution is 2.17. The Hall–Kier alpha value is -1.69. The van der Waals surface area contributed by atoms with Crippen LogP contribution in [-0.4, -0.2) is 36.0 Å². The summed E-state index contributed by atoms with van der Waals surface area (Å²) in [5.74, 6) is -0.994. The van der Waals surface area contributed by atoms with Crippen LogP contribution in [0.5, 0.6) is 5.75 Å². The van der Waals surface area contributed by atoms with Gasteiger partial charge in [0.15, 0.2) is 0 Å². The molecule has 104 valence electrons. The summed E-state index contributed by atoms with van der Waals surface area (Å²) in [6.45, 7) is 1.90. The van der Waals surface area contributed by atoms with E-state index in [0.717, 1.165) is 0 Å². The van der Waals surface area contributed by atoms with Gasteiger partial charge in [0.25, 0.3) is 0 Å². The number of esters is 1. The molecule has 6 heteroatoms. The van der Waals surface area contributed by atoms with Gasteiger partial charge in [0.05, 0.1) is 5.92 Å². The number of hydrogen-bond donors (Lipinski definition) is 2. The Morgan fingerprint density at radius 1 is 1.32 bits per heavy atom. The molecule has 0 aliphatic carbocycles. The van der Waals surface area contributed by atoms with E-state index in [9.17, 15) is 9.59 Å². The summed E-state index contributed by atoms with van der Waals surface area (Å²) in [6, 6.07) is 6.30. The van der Waals surface area contributed by atoms with Gasteiger partial charge >= 0.3 is 11.9 Å². The van der Waals surface area contributed by atoms with Crippen LogP contribution in [0.3, 0.4) is 0 Å². The van der Waals surface area contributed by atoms with E-state index in [4.69, 9.17) is 14.6 Å². The van der Waals surface area contributed by atoms with E-state index in [0.29, 0.717) is 5.75 Å². The molecule has 0 radical (unpaired) electrons. The fourth-order valence-electron chi connectivity index (χ4n) is 1.28. The molecule has 1 unspecified atom stereocenters. The van der Waals surface area contributed by atoms with Crippen LogP contribution < -0.4 is 4.74 Å². The molecule has 0 amide bonds. The summed E-state index contributed by atoms with van der Waals surface area (Å²) < 4.78 is 10.2. The van der Waals surface area contributed by atoms with Crippen molar-refractivity contribution in [1.82, 2.24) is 0 Å². The SMILES string of the molecule is CC(CS)C(=O)OCCOc1ccccc1C(=O)O. The highest BCUT2D eigenvalue weighted by atomic mass is 32.1. The molecule has 0 bridgehead atoms. The van der Waals surface area contributed by atoms with Crippen molar-refractivity contribution in [2.75, 3.05) is 19.0 Å². The number of hydrogen-bond acceptors (Lipinski definition) is 5. The van der Waals surface area contributed by atoms with Crippen LogP contribution in [0.25, 0.3) is 0 Å². The second kappa shape index (κ2) is 7.68. The third kappa shape index (κ3) is 4.82. The number of ether oxygens (including phenoxy) is 2. The van der Waals surface area contributed by atoms with Gasteiger partial charge in [-0.25, -0.2) is 4.79 Å². The molecule has 0 saturated carbocycles. The molecule has 0 aromatic heterocycles. The van der Waals surface area contributed by atoms with Gasteiger partial charge in [0, 0.05) is 5.75 Å². The Bertz CT molecular complexity index is 446. The lowest BCUT2D eigenvalue weighted by atomic mass is 10.2. The minimum Gasteiger partial charge on any atom is -0.489 e. The number of rotatable bonds is 7. The Kier molecular flexibility index (Phi) is 6.21. The summed E-state index contributed by atoms with van der Waals surface area (Å²) in [6.07, 6.45) is 0. The van der Waals surface area contributed by atoms with Crippen LogP contribution in [-0.2, 0) is 9.53 Å². The number of para-hydroxylation sites is 1. The predicted molar refractivity (Wildman–Crippen MR) is 72.9 cm³/mol. The van der Waals surface area contributed by atoms with Crippen LogP contribution in [0, 0.1) is 5.92 Å². The van der Waals surface area contributed by atoms with E-state index in [-0.39, 0.29) is 36.4 Å². The minimum absolute atomic E-state index is 0.0743. The molecule has 1 aromatic carbocycles. The number of carbonyl (C=O) groups excluding carboxylic acids is 1. The Labute approximate surface area is 116 Å². The molecule has 0 aliphatic rings. The number of carboxylic acids is 1. The maximum atomic E-state index is 11.3. The normalized spacial score (nSPS) is 11.7. The van der Waals surface area contributed by atoms with Crippen molar-refractivity contribution in [1.29, 1.82) is 0 Å². The molecular formula is C13H16O5S. The predicted octanol–water partition coefficient (Wildman–Crippen LogP) is 1.87. The Morgan fingerprint density at radius 3 is 2.63 bits per heavy atom. The van der Waals surface area contributed by atoms with Crippen molar-refractivity contribution in [2.24, 2.45) is 5.92 Å². The van der Waals surface area contributed by atoms with Crippen LogP contribution >= 0.6 is 12.6 Å². The summed E-state index contributed by atoms with van der Waals surface area (Å²) in [5, 5.41) is 8.94. The van der Waals surface area contributed by atoms with Crippen LogP contribution in [0.1, 0.15) is 17.3 Å². The van der Waals surface area contributed by atoms with E-state index < -0.39 is 5.97 Å². The maximum absolute atomic E-state index is 11.3. The Balaban J connectivity index is 2.42. The van der Waals surface area contributed by atoms with Crippen molar-refractivity contribution >= 4 is 24.6 Å². The molecule has 5 nitrogen and oxygen atoms in total. The molecule has 1 atom stereocenters. The lowest BCUT2D eigenvalue weighted by molar-refractivity contribution is -0.147. The van der Waals surface area contributed by atoms with Gasteiger partial charge in [-0.3, -0.25) is 4.79 Å². The molecular weight excluding hydrogens is 268 g/mol. The average Bonchev–Trinajstić information content (AvgIpc) is 2.42. The van der Waals surface area contributed by atoms with Crippen LogP contribution in [0.4, 0.5) is 0 Å². The van der Waals surface area contributed by atoms with Gasteiger partial charge in [0.1, 0.15) is 24.5 Å². The van der Waals surface area contributed by atoms with E-state index in [1.165, 1.54) is 6.07 Å². The summed E-state index contributed by atoms with van der Waals surface area (Å²) in [4.78, 5) is 22.3. The van der Waals surface area contributed by atoms with Gasteiger partial charge in [-0.2, -0.15) is 12.6 Å². The van der Waals surface area contributed by atoms with E-state index in [1.807, 2.05) is 0 Å². The van der Waals surface area contributed by atoms with Gasteiger partial charge < -0.3 is 14.6 Å². The monoisotopic (exact) mass is 284 g/mol. The number of benzene rings is 1. The first-order valence-electron chi connectivity index (χ1n) is 5.79. The largest absolute Gasteiger partial charge is 0.489 e.